The SMILES string of the molecule is [C-]#[N+]CN(/C=C(\[N+]#[C-])C(C)C)c1ccc(OCc2ccccc2)cc1. The standard InChI is InChI=1S/C21H21N3O/c1-17(2)21(23-4)14-24(16-22-3)19-10-12-20(13-11-19)25-15-18-8-6-5-7-9-18/h5-14,17H,15-16H2,1-2H3/b21-14-. The van der Waals surface area contributed by atoms with E-state index in [4.69, 9.17) is 17.9 Å². The van der Waals surface area contributed by atoms with Crippen molar-refractivity contribution in [3.8, 4) is 5.75 Å². The zero-order chi connectivity index (χ0) is 18.1. The molecule has 2 aromatic rings. The summed E-state index contributed by atoms with van der Waals surface area (Å²) >= 11 is 0. The molecule has 4 nitrogen and oxygen atoms in total. The fourth-order valence-corrected chi connectivity index (χ4v) is 2.21. The highest BCUT2D eigenvalue weighted by atomic mass is 16.5. The van der Waals surface area contributed by atoms with Crippen molar-refractivity contribution in [3.05, 3.63) is 94.9 Å². The van der Waals surface area contributed by atoms with Crippen LogP contribution in [0.4, 0.5) is 5.69 Å². The first kappa shape index (κ1) is 18.1. The maximum atomic E-state index is 7.28. The fourth-order valence-electron chi connectivity index (χ4n) is 2.21. The molecule has 0 unspecified atom stereocenters. The van der Waals surface area contributed by atoms with Crippen LogP contribution >= 0.6 is 0 Å². The molecule has 4 heteroatoms. The normalized spacial score (nSPS) is 10.8. The highest BCUT2D eigenvalue weighted by Crippen LogP contribution is 2.23. The maximum absolute atomic E-state index is 7.28. The lowest BCUT2D eigenvalue weighted by Crippen LogP contribution is -2.16. The van der Waals surface area contributed by atoms with Crippen molar-refractivity contribution in [1.82, 2.24) is 0 Å². The van der Waals surface area contributed by atoms with Crippen LogP contribution in [0.1, 0.15) is 19.4 Å². The van der Waals surface area contributed by atoms with Crippen molar-refractivity contribution in [2.75, 3.05) is 11.6 Å². The van der Waals surface area contributed by atoms with E-state index >= 15 is 0 Å². The van der Waals surface area contributed by atoms with Crippen molar-refractivity contribution >= 4 is 5.69 Å². The maximum Gasteiger partial charge on any atom is 0.292 e. The van der Waals surface area contributed by atoms with E-state index in [9.17, 15) is 0 Å². The molecule has 0 bridgehead atoms. The monoisotopic (exact) mass is 331 g/mol. The molecule has 0 aliphatic heterocycles. The number of allylic oxidation sites excluding steroid dienone is 1. The van der Waals surface area contributed by atoms with Gasteiger partial charge in [0, 0.05) is 11.9 Å². The first-order chi connectivity index (χ1) is 12.1. The van der Waals surface area contributed by atoms with E-state index in [-0.39, 0.29) is 12.6 Å². The molecule has 126 valence electrons. The molecule has 0 aromatic heterocycles. The minimum Gasteiger partial charge on any atom is -0.489 e. The molecular weight excluding hydrogens is 310 g/mol. The average Bonchev–Trinajstić information content (AvgIpc) is 2.64. The van der Waals surface area contributed by atoms with Crippen LogP contribution in [0, 0.1) is 19.1 Å². The highest BCUT2D eigenvalue weighted by Gasteiger charge is 2.10. The van der Waals surface area contributed by atoms with Crippen molar-refractivity contribution in [1.29, 1.82) is 0 Å². The first-order valence-electron chi connectivity index (χ1n) is 8.10. The van der Waals surface area contributed by atoms with Crippen LogP contribution in [-0.4, -0.2) is 6.67 Å². The van der Waals surface area contributed by atoms with Crippen LogP contribution in [0.15, 0.2) is 66.5 Å². The van der Waals surface area contributed by atoms with E-state index in [1.54, 1.807) is 11.1 Å². The van der Waals surface area contributed by atoms with Gasteiger partial charge >= 0.3 is 0 Å². The van der Waals surface area contributed by atoms with Gasteiger partial charge in [0.15, 0.2) is 5.70 Å². The lowest BCUT2D eigenvalue weighted by atomic mass is 10.1. The second-order valence-electron chi connectivity index (χ2n) is 5.86. The van der Waals surface area contributed by atoms with E-state index in [1.165, 1.54) is 0 Å². The summed E-state index contributed by atoms with van der Waals surface area (Å²) in [5, 5.41) is 0. The molecule has 0 N–H and O–H groups in total. The molecule has 0 heterocycles. The third-order valence-electron chi connectivity index (χ3n) is 3.65. The second-order valence-corrected chi connectivity index (χ2v) is 5.86. The van der Waals surface area contributed by atoms with E-state index in [2.05, 4.69) is 9.69 Å². The molecule has 2 aromatic carbocycles. The number of rotatable bonds is 7. The highest BCUT2D eigenvalue weighted by molar-refractivity contribution is 5.52. The van der Waals surface area contributed by atoms with E-state index in [1.807, 2.05) is 68.4 Å². The molecule has 0 fully saturated rings. The Balaban J connectivity index is 2.10. The van der Waals surface area contributed by atoms with E-state index < -0.39 is 0 Å². The fraction of sp³-hybridized carbons (Fsp3) is 0.238. The van der Waals surface area contributed by atoms with Crippen LogP contribution in [0.2, 0.25) is 0 Å². The molecule has 0 aliphatic carbocycles. The smallest absolute Gasteiger partial charge is 0.292 e. The number of anilines is 1. The molecule has 0 spiro atoms. The molecular formula is C21H21N3O. The Morgan fingerprint density at radius 1 is 1.08 bits per heavy atom. The van der Waals surface area contributed by atoms with Crippen molar-refractivity contribution in [2.45, 2.75) is 20.5 Å². The third kappa shape index (κ3) is 5.41. The van der Waals surface area contributed by atoms with Crippen molar-refractivity contribution in [3.63, 3.8) is 0 Å². The van der Waals surface area contributed by atoms with Gasteiger partial charge in [-0.05, 0) is 35.7 Å². The van der Waals surface area contributed by atoms with Gasteiger partial charge < -0.3 is 4.74 Å². The molecule has 0 amide bonds. The van der Waals surface area contributed by atoms with Gasteiger partial charge in [-0.25, -0.2) is 11.4 Å². The average molecular weight is 331 g/mol. The Bertz CT molecular complexity index is 781. The van der Waals surface area contributed by atoms with Gasteiger partial charge in [0.05, 0.1) is 6.57 Å². The third-order valence-corrected chi connectivity index (χ3v) is 3.65. The van der Waals surface area contributed by atoms with Gasteiger partial charge in [0.25, 0.3) is 6.67 Å². The van der Waals surface area contributed by atoms with E-state index in [0.29, 0.717) is 12.3 Å². The Hall–Kier alpha value is -3.24. The van der Waals surface area contributed by atoms with Crippen molar-refractivity contribution < 1.29 is 4.74 Å². The molecule has 0 aliphatic rings. The number of hydrogen-bond acceptors (Lipinski definition) is 2. The predicted molar refractivity (Wildman–Crippen MR) is 101 cm³/mol. The zero-order valence-electron chi connectivity index (χ0n) is 14.5. The van der Waals surface area contributed by atoms with Crippen LogP contribution in [-0.2, 0) is 6.61 Å². The number of benzene rings is 2. The number of hydrogen-bond donors (Lipinski definition) is 0. The summed E-state index contributed by atoms with van der Waals surface area (Å²) in [5.41, 5.74) is 2.61. The predicted octanol–water partition coefficient (Wildman–Crippen LogP) is 5.37. The first-order valence-corrected chi connectivity index (χ1v) is 8.10. The van der Waals surface area contributed by atoms with Crippen molar-refractivity contribution in [2.24, 2.45) is 5.92 Å². The Morgan fingerprint density at radius 3 is 2.32 bits per heavy atom. The van der Waals surface area contributed by atoms with Gasteiger partial charge in [-0.3, -0.25) is 9.74 Å². The minimum atomic E-state index is 0.124. The van der Waals surface area contributed by atoms with Gasteiger partial charge in [0.2, 0.25) is 0 Å². The van der Waals surface area contributed by atoms with Crippen LogP contribution in [0.5, 0.6) is 5.75 Å². The van der Waals surface area contributed by atoms with Crippen LogP contribution in [0.3, 0.4) is 0 Å². The molecule has 0 saturated carbocycles. The Morgan fingerprint density at radius 2 is 1.76 bits per heavy atom. The number of ether oxygens (including phenoxy) is 1. The van der Waals surface area contributed by atoms with Crippen LogP contribution in [0.25, 0.3) is 9.69 Å². The summed E-state index contributed by atoms with van der Waals surface area (Å²) in [4.78, 5) is 8.81. The van der Waals surface area contributed by atoms with Gasteiger partial charge in [-0.15, -0.1) is 0 Å². The lowest BCUT2D eigenvalue weighted by molar-refractivity contribution is 0.306. The lowest BCUT2D eigenvalue weighted by Gasteiger charge is -2.17. The Kier molecular flexibility index (Phi) is 6.63. The van der Waals surface area contributed by atoms with Gasteiger partial charge in [-0.1, -0.05) is 44.2 Å². The molecule has 2 rings (SSSR count). The summed E-state index contributed by atoms with van der Waals surface area (Å²) in [6, 6.07) is 17.6. The van der Waals surface area contributed by atoms with Crippen LogP contribution < -0.4 is 9.64 Å². The summed E-state index contributed by atoms with van der Waals surface area (Å²) < 4.78 is 5.78. The summed E-state index contributed by atoms with van der Waals surface area (Å²) in [6.07, 6.45) is 1.76. The molecule has 0 atom stereocenters. The zero-order valence-corrected chi connectivity index (χ0v) is 14.5. The van der Waals surface area contributed by atoms with E-state index in [0.717, 1.165) is 17.0 Å². The topological polar surface area (TPSA) is 21.2 Å². The number of nitrogens with zero attached hydrogens (tertiary/aromatic N) is 3. The largest absolute Gasteiger partial charge is 0.489 e. The minimum absolute atomic E-state index is 0.124. The summed E-state index contributed by atoms with van der Waals surface area (Å²) in [6.45, 7) is 19.1. The summed E-state index contributed by atoms with van der Waals surface area (Å²) in [7, 11) is 0. The van der Waals surface area contributed by atoms with Gasteiger partial charge in [-0.2, -0.15) is 0 Å². The quantitative estimate of drug-likeness (QED) is 0.636. The summed E-state index contributed by atoms with van der Waals surface area (Å²) in [5.74, 6) is 0.896. The molecule has 25 heavy (non-hydrogen) atoms. The van der Waals surface area contributed by atoms with Gasteiger partial charge in [0.1, 0.15) is 12.4 Å². The second kappa shape index (κ2) is 9.15. The molecule has 0 radical (unpaired) electrons. The Labute approximate surface area is 149 Å². The molecule has 0 saturated heterocycles.